The molecule has 0 atom stereocenters. The second kappa shape index (κ2) is 9.60. The molecular formula is C19H22BrN3OS2. The van der Waals surface area contributed by atoms with Crippen LogP contribution in [0.2, 0.25) is 0 Å². The third-order valence-corrected chi connectivity index (χ3v) is 6.01. The van der Waals surface area contributed by atoms with Crippen LogP contribution in [0.25, 0.3) is 11.3 Å². The smallest absolute Gasteiger partial charge is 0.183 e. The SMILES string of the molecule is CN(C)Cc1ccoc1CSCCNc1nc(-c2ccc(Br)cc2)cs1. The van der Waals surface area contributed by atoms with Crippen molar-refractivity contribution in [2.75, 3.05) is 31.7 Å². The molecule has 0 aliphatic carbocycles. The first-order chi connectivity index (χ1) is 12.6. The van der Waals surface area contributed by atoms with E-state index in [4.69, 9.17) is 4.42 Å². The second-order valence-electron chi connectivity index (χ2n) is 6.13. The van der Waals surface area contributed by atoms with Crippen LogP contribution in [-0.2, 0) is 12.3 Å². The van der Waals surface area contributed by atoms with Gasteiger partial charge in [0.1, 0.15) is 5.76 Å². The molecule has 138 valence electrons. The van der Waals surface area contributed by atoms with Gasteiger partial charge in [0.05, 0.1) is 17.7 Å². The van der Waals surface area contributed by atoms with E-state index in [1.165, 1.54) is 5.56 Å². The molecule has 1 N–H and O–H groups in total. The Balaban J connectivity index is 1.42. The zero-order chi connectivity index (χ0) is 18.4. The van der Waals surface area contributed by atoms with Gasteiger partial charge < -0.3 is 14.6 Å². The van der Waals surface area contributed by atoms with Crippen LogP contribution in [0.4, 0.5) is 5.13 Å². The number of nitrogens with one attached hydrogen (secondary N) is 1. The quantitative estimate of drug-likeness (QED) is 0.430. The summed E-state index contributed by atoms with van der Waals surface area (Å²) in [7, 11) is 4.15. The van der Waals surface area contributed by atoms with Crippen LogP contribution in [0.3, 0.4) is 0 Å². The molecule has 1 aromatic carbocycles. The van der Waals surface area contributed by atoms with Crippen LogP contribution >= 0.6 is 39.0 Å². The number of aromatic nitrogens is 1. The second-order valence-corrected chi connectivity index (χ2v) is 9.01. The molecule has 0 saturated heterocycles. The standard InChI is InChI=1S/C19H22BrN3OS2/c1-23(2)11-15-7-9-24-18(15)13-25-10-8-21-19-22-17(12-26-19)14-3-5-16(20)6-4-14/h3-7,9,12H,8,10-11,13H2,1-2H3,(H,21,22). The first-order valence-corrected chi connectivity index (χ1v) is 11.2. The summed E-state index contributed by atoms with van der Waals surface area (Å²) in [5.41, 5.74) is 3.43. The van der Waals surface area contributed by atoms with Crippen LogP contribution in [0.5, 0.6) is 0 Å². The maximum atomic E-state index is 5.61. The van der Waals surface area contributed by atoms with Crippen LogP contribution in [-0.4, -0.2) is 36.3 Å². The molecule has 0 amide bonds. The van der Waals surface area contributed by atoms with Crippen molar-refractivity contribution in [1.29, 1.82) is 0 Å². The Bertz CT molecular complexity index is 814. The molecule has 0 aliphatic heterocycles. The molecule has 2 heterocycles. The van der Waals surface area contributed by atoms with Gasteiger partial charge in [0.2, 0.25) is 0 Å². The van der Waals surface area contributed by atoms with Gasteiger partial charge in [-0.2, -0.15) is 11.8 Å². The van der Waals surface area contributed by atoms with E-state index in [2.05, 4.69) is 68.8 Å². The molecule has 0 unspecified atom stereocenters. The van der Waals surface area contributed by atoms with E-state index in [-0.39, 0.29) is 0 Å². The lowest BCUT2D eigenvalue weighted by molar-refractivity contribution is 0.396. The maximum Gasteiger partial charge on any atom is 0.183 e. The topological polar surface area (TPSA) is 41.3 Å². The molecule has 2 aromatic heterocycles. The summed E-state index contributed by atoms with van der Waals surface area (Å²) in [5, 5.41) is 6.47. The zero-order valence-corrected chi connectivity index (χ0v) is 18.1. The number of rotatable bonds is 9. The van der Waals surface area contributed by atoms with E-state index in [1.54, 1.807) is 17.6 Å². The molecule has 0 spiro atoms. The molecule has 3 aromatic rings. The Morgan fingerprint density at radius 2 is 2.04 bits per heavy atom. The third-order valence-electron chi connectivity index (χ3n) is 3.72. The first-order valence-electron chi connectivity index (χ1n) is 8.35. The van der Waals surface area contributed by atoms with Gasteiger partial charge in [-0.15, -0.1) is 11.3 Å². The number of hydrogen-bond acceptors (Lipinski definition) is 6. The summed E-state index contributed by atoms with van der Waals surface area (Å²) in [4.78, 5) is 6.82. The number of hydrogen-bond donors (Lipinski definition) is 1. The normalized spacial score (nSPS) is 11.2. The van der Waals surface area contributed by atoms with Gasteiger partial charge in [-0.1, -0.05) is 28.1 Å². The number of thiazole rings is 1. The van der Waals surface area contributed by atoms with Crippen molar-refractivity contribution in [3.63, 3.8) is 0 Å². The fraction of sp³-hybridized carbons (Fsp3) is 0.316. The van der Waals surface area contributed by atoms with Gasteiger partial charge in [-0.3, -0.25) is 0 Å². The summed E-state index contributed by atoms with van der Waals surface area (Å²) in [5.74, 6) is 2.99. The largest absolute Gasteiger partial charge is 0.468 e. The third kappa shape index (κ3) is 5.61. The highest BCUT2D eigenvalue weighted by Gasteiger charge is 2.08. The number of benzene rings is 1. The van der Waals surface area contributed by atoms with Crippen molar-refractivity contribution in [2.45, 2.75) is 12.3 Å². The van der Waals surface area contributed by atoms with Crippen molar-refractivity contribution in [2.24, 2.45) is 0 Å². The van der Waals surface area contributed by atoms with E-state index in [1.807, 2.05) is 23.9 Å². The fourth-order valence-corrected chi connectivity index (χ4v) is 4.32. The van der Waals surface area contributed by atoms with Crippen molar-refractivity contribution in [3.05, 3.63) is 57.8 Å². The van der Waals surface area contributed by atoms with Gasteiger partial charge in [-0.25, -0.2) is 4.98 Å². The highest BCUT2D eigenvalue weighted by atomic mass is 79.9. The predicted octanol–water partition coefficient (Wildman–Crippen LogP) is 5.57. The summed E-state index contributed by atoms with van der Waals surface area (Å²) in [6.45, 7) is 1.81. The van der Waals surface area contributed by atoms with Crippen LogP contribution in [0.15, 0.2) is 50.9 Å². The van der Waals surface area contributed by atoms with Gasteiger partial charge in [0, 0.05) is 39.8 Å². The average molecular weight is 452 g/mol. The van der Waals surface area contributed by atoms with E-state index in [9.17, 15) is 0 Å². The Kier molecular flexibility index (Phi) is 7.19. The molecular weight excluding hydrogens is 430 g/mol. The van der Waals surface area contributed by atoms with Crippen molar-refractivity contribution < 1.29 is 4.42 Å². The molecule has 0 aliphatic rings. The Hall–Kier alpha value is -1.28. The molecule has 26 heavy (non-hydrogen) atoms. The molecule has 3 rings (SSSR count). The minimum absolute atomic E-state index is 0.891. The van der Waals surface area contributed by atoms with Crippen LogP contribution < -0.4 is 5.32 Å². The minimum atomic E-state index is 0.891. The van der Waals surface area contributed by atoms with Gasteiger partial charge in [0.15, 0.2) is 5.13 Å². The lowest BCUT2D eigenvalue weighted by Gasteiger charge is -2.09. The lowest BCUT2D eigenvalue weighted by Crippen LogP contribution is -2.11. The van der Waals surface area contributed by atoms with Crippen molar-refractivity contribution in [1.82, 2.24) is 9.88 Å². The summed E-state index contributed by atoms with van der Waals surface area (Å²) < 4.78 is 6.69. The van der Waals surface area contributed by atoms with E-state index < -0.39 is 0 Å². The number of furan rings is 1. The maximum absolute atomic E-state index is 5.61. The molecule has 0 saturated carbocycles. The van der Waals surface area contributed by atoms with Gasteiger partial charge >= 0.3 is 0 Å². The van der Waals surface area contributed by atoms with Crippen LogP contribution in [0.1, 0.15) is 11.3 Å². The Labute approximate surface area is 171 Å². The summed E-state index contributed by atoms with van der Waals surface area (Å²) >= 11 is 6.98. The molecule has 4 nitrogen and oxygen atoms in total. The fourth-order valence-electron chi connectivity index (χ4n) is 2.48. The monoisotopic (exact) mass is 451 g/mol. The number of nitrogens with zero attached hydrogens (tertiary/aromatic N) is 2. The van der Waals surface area contributed by atoms with E-state index in [0.717, 1.165) is 51.2 Å². The molecule has 7 heteroatoms. The average Bonchev–Trinajstić information content (AvgIpc) is 3.25. The predicted molar refractivity (Wildman–Crippen MR) is 116 cm³/mol. The summed E-state index contributed by atoms with van der Waals surface area (Å²) in [6, 6.07) is 10.3. The number of thioether (sulfide) groups is 1. The Morgan fingerprint density at radius 3 is 2.81 bits per heavy atom. The zero-order valence-electron chi connectivity index (χ0n) is 14.9. The van der Waals surface area contributed by atoms with Gasteiger partial charge in [-0.05, 0) is 32.3 Å². The first kappa shape index (κ1) is 19.5. The minimum Gasteiger partial charge on any atom is -0.468 e. The lowest BCUT2D eigenvalue weighted by atomic mass is 10.2. The summed E-state index contributed by atoms with van der Waals surface area (Å²) in [6.07, 6.45) is 1.78. The van der Waals surface area contributed by atoms with Crippen molar-refractivity contribution in [3.8, 4) is 11.3 Å². The van der Waals surface area contributed by atoms with Gasteiger partial charge in [0.25, 0.3) is 0 Å². The van der Waals surface area contributed by atoms with E-state index >= 15 is 0 Å². The highest BCUT2D eigenvalue weighted by Crippen LogP contribution is 2.26. The van der Waals surface area contributed by atoms with Crippen molar-refractivity contribution >= 4 is 44.2 Å². The Morgan fingerprint density at radius 1 is 1.23 bits per heavy atom. The highest BCUT2D eigenvalue weighted by molar-refractivity contribution is 9.10. The van der Waals surface area contributed by atoms with Crippen LogP contribution in [0, 0.1) is 0 Å². The molecule has 0 bridgehead atoms. The molecule has 0 radical (unpaired) electrons. The number of anilines is 1. The molecule has 0 fully saturated rings. The number of halogens is 1. The van der Waals surface area contributed by atoms with E-state index in [0.29, 0.717) is 0 Å².